The first-order chi connectivity index (χ1) is 9.81. The molecule has 0 unspecified atom stereocenters. The van der Waals surface area contributed by atoms with Crippen LogP contribution in [0.5, 0.6) is 0 Å². The van der Waals surface area contributed by atoms with E-state index in [1.165, 1.54) is 0 Å². The Labute approximate surface area is 118 Å². The molecule has 3 rings (SSSR count). The maximum Gasteiger partial charge on any atom is 0.184 e. The minimum Gasteiger partial charge on any atom is -0.379 e. The van der Waals surface area contributed by atoms with Crippen molar-refractivity contribution in [1.29, 1.82) is 5.26 Å². The van der Waals surface area contributed by atoms with Crippen LogP contribution in [0.1, 0.15) is 17.5 Å². The summed E-state index contributed by atoms with van der Waals surface area (Å²) in [5.41, 5.74) is 1.52. The molecule has 1 aromatic rings. The molecule has 5 heteroatoms. The number of nitriles is 1. The van der Waals surface area contributed by atoms with Gasteiger partial charge in [-0.2, -0.15) is 5.26 Å². The zero-order valence-corrected chi connectivity index (χ0v) is 11.3. The molecular formula is C15H17NO4. The Balaban J connectivity index is 1.65. The van der Waals surface area contributed by atoms with Crippen molar-refractivity contribution in [3.8, 4) is 6.07 Å². The number of hydrogen-bond donors (Lipinski definition) is 0. The molecule has 2 aliphatic rings. The Bertz CT molecular complexity index is 513. The standard InChI is InChI=1S/C15H17NO4/c1-17-12-6-13(15-19-9-14(12)20-15)18-8-11-5-3-2-4-10(11)7-16/h2-5,12-15H,6,8-9H2,1H3/t12-,13+,14+,15+/m0/s1. The van der Waals surface area contributed by atoms with Gasteiger partial charge in [-0.3, -0.25) is 0 Å². The van der Waals surface area contributed by atoms with Crippen LogP contribution in [-0.2, 0) is 25.6 Å². The molecule has 0 radical (unpaired) electrons. The van der Waals surface area contributed by atoms with Crippen LogP contribution < -0.4 is 0 Å². The Hall–Kier alpha value is -1.45. The van der Waals surface area contributed by atoms with Gasteiger partial charge >= 0.3 is 0 Å². The van der Waals surface area contributed by atoms with Crippen molar-refractivity contribution in [3.63, 3.8) is 0 Å². The summed E-state index contributed by atoms with van der Waals surface area (Å²) in [7, 11) is 1.68. The fourth-order valence-electron chi connectivity index (χ4n) is 2.67. The first kappa shape index (κ1) is 13.5. The molecule has 0 saturated carbocycles. The number of fused-ring (bicyclic) bond motifs is 2. The fraction of sp³-hybridized carbons (Fsp3) is 0.533. The molecule has 1 aromatic carbocycles. The van der Waals surface area contributed by atoms with Gasteiger partial charge in [0.1, 0.15) is 12.2 Å². The van der Waals surface area contributed by atoms with Crippen LogP contribution in [0.4, 0.5) is 0 Å². The summed E-state index contributed by atoms with van der Waals surface area (Å²) in [6, 6.07) is 9.60. The van der Waals surface area contributed by atoms with Crippen molar-refractivity contribution in [2.24, 2.45) is 0 Å². The van der Waals surface area contributed by atoms with Gasteiger partial charge in [0.15, 0.2) is 6.29 Å². The third-order valence-electron chi connectivity index (χ3n) is 3.81. The van der Waals surface area contributed by atoms with Gasteiger partial charge in [0.05, 0.1) is 31.0 Å². The Morgan fingerprint density at radius 1 is 1.35 bits per heavy atom. The lowest BCUT2D eigenvalue weighted by Crippen LogP contribution is -2.44. The average molecular weight is 275 g/mol. The molecule has 2 heterocycles. The number of benzene rings is 1. The quantitative estimate of drug-likeness (QED) is 0.835. The third-order valence-corrected chi connectivity index (χ3v) is 3.81. The van der Waals surface area contributed by atoms with E-state index in [9.17, 15) is 0 Å². The van der Waals surface area contributed by atoms with E-state index in [-0.39, 0.29) is 24.6 Å². The predicted molar refractivity (Wildman–Crippen MR) is 69.8 cm³/mol. The first-order valence-electron chi connectivity index (χ1n) is 6.71. The van der Waals surface area contributed by atoms with Crippen LogP contribution in [0, 0.1) is 11.3 Å². The predicted octanol–water partition coefficient (Wildman–Crippen LogP) is 1.60. The van der Waals surface area contributed by atoms with E-state index in [0.29, 0.717) is 18.8 Å². The van der Waals surface area contributed by atoms with Gasteiger partial charge in [-0.15, -0.1) is 0 Å². The minimum atomic E-state index is -0.319. The third kappa shape index (κ3) is 2.56. The summed E-state index contributed by atoms with van der Waals surface area (Å²) in [5.74, 6) is 0. The SMILES string of the molecule is CO[C@H]1C[C@@H](OCc2ccccc2C#N)[C@@H]2OC[C@H]1O2. The highest BCUT2D eigenvalue weighted by Crippen LogP contribution is 2.31. The van der Waals surface area contributed by atoms with Gasteiger partial charge in [0, 0.05) is 13.5 Å². The molecular weight excluding hydrogens is 258 g/mol. The summed E-state index contributed by atoms with van der Waals surface area (Å²) in [4.78, 5) is 0. The maximum atomic E-state index is 9.07. The van der Waals surface area contributed by atoms with Crippen molar-refractivity contribution in [3.05, 3.63) is 35.4 Å². The smallest absolute Gasteiger partial charge is 0.184 e. The highest BCUT2D eigenvalue weighted by molar-refractivity contribution is 5.36. The van der Waals surface area contributed by atoms with Crippen molar-refractivity contribution in [1.82, 2.24) is 0 Å². The van der Waals surface area contributed by atoms with Crippen molar-refractivity contribution >= 4 is 0 Å². The monoisotopic (exact) mass is 275 g/mol. The summed E-state index contributed by atoms with van der Waals surface area (Å²) in [5, 5.41) is 9.07. The lowest BCUT2D eigenvalue weighted by atomic mass is 10.0. The van der Waals surface area contributed by atoms with E-state index in [1.54, 1.807) is 13.2 Å². The average Bonchev–Trinajstić information content (AvgIpc) is 2.91. The Morgan fingerprint density at radius 3 is 3.00 bits per heavy atom. The van der Waals surface area contributed by atoms with E-state index in [0.717, 1.165) is 12.0 Å². The summed E-state index contributed by atoms with van der Waals surface area (Å²) in [6.45, 7) is 0.927. The molecule has 0 spiro atoms. The summed E-state index contributed by atoms with van der Waals surface area (Å²) >= 11 is 0. The van der Waals surface area contributed by atoms with E-state index in [4.69, 9.17) is 24.2 Å². The number of rotatable bonds is 4. The van der Waals surface area contributed by atoms with Crippen LogP contribution in [0.25, 0.3) is 0 Å². The molecule has 2 saturated heterocycles. The van der Waals surface area contributed by atoms with Gasteiger partial charge in [0.2, 0.25) is 0 Å². The molecule has 0 amide bonds. The van der Waals surface area contributed by atoms with Crippen molar-refractivity contribution in [2.45, 2.75) is 37.6 Å². The molecule has 0 aliphatic carbocycles. The minimum absolute atomic E-state index is 0.00459. The van der Waals surface area contributed by atoms with Gasteiger partial charge in [0.25, 0.3) is 0 Å². The normalized spacial score (nSPS) is 32.0. The molecule has 0 N–H and O–H groups in total. The molecule has 2 fully saturated rings. The summed E-state index contributed by atoms with van der Waals surface area (Å²) < 4.78 is 22.6. The van der Waals surface area contributed by atoms with Gasteiger partial charge < -0.3 is 18.9 Å². The molecule has 4 atom stereocenters. The molecule has 2 aliphatic heterocycles. The first-order valence-corrected chi connectivity index (χ1v) is 6.71. The largest absolute Gasteiger partial charge is 0.379 e. The Kier molecular flexibility index (Phi) is 3.99. The second-order valence-electron chi connectivity index (χ2n) is 5.00. The van der Waals surface area contributed by atoms with Crippen LogP contribution in [0.3, 0.4) is 0 Å². The number of nitrogens with zero attached hydrogens (tertiary/aromatic N) is 1. The van der Waals surface area contributed by atoms with Gasteiger partial charge in [-0.05, 0) is 11.6 Å². The highest BCUT2D eigenvalue weighted by Gasteiger charge is 2.44. The van der Waals surface area contributed by atoms with Crippen LogP contribution in [0.2, 0.25) is 0 Å². The topological polar surface area (TPSA) is 60.7 Å². The molecule has 2 bridgehead atoms. The lowest BCUT2D eigenvalue weighted by Gasteiger charge is -2.32. The second kappa shape index (κ2) is 5.90. The summed E-state index contributed by atoms with van der Waals surface area (Å²) in [6.07, 6.45) is 0.285. The van der Waals surface area contributed by atoms with Crippen molar-refractivity contribution in [2.75, 3.05) is 13.7 Å². The fourth-order valence-corrected chi connectivity index (χ4v) is 2.67. The zero-order valence-electron chi connectivity index (χ0n) is 11.3. The van der Waals surface area contributed by atoms with Gasteiger partial charge in [-0.1, -0.05) is 18.2 Å². The molecule has 20 heavy (non-hydrogen) atoms. The maximum absolute atomic E-state index is 9.07. The highest BCUT2D eigenvalue weighted by atomic mass is 16.7. The van der Waals surface area contributed by atoms with E-state index in [1.807, 2.05) is 18.2 Å². The van der Waals surface area contributed by atoms with Gasteiger partial charge in [-0.25, -0.2) is 0 Å². The molecule has 106 valence electrons. The second-order valence-corrected chi connectivity index (χ2v) is 5.00. The van der Waals surface area contributed by atoms with Crippen LogP contribution >= 0.6 is 0 Å². The molecule has 5 nitrogen and oxygen atoms in total. The van der Waals surface area contributed by atoms with E-state index >= 15 is 0 Å². The Morgan fingerprint density at radius 2 is 2.20 bits per heavy atom. The number of ether oxygens (including phenoxy) is 4. The number of hydrogen-bond acceptors (Lipinski definition) is 5. The van der Waals surface area contributed by atoms with E-state index < -0.39 is 0 Å². The van der Waals surface area contributed by atoms with E-state index in [2.05, 4.69) is 6.07 Å². The lowest BCUT2D eigenvalue weighted by molar-refractivity contribution is -0.205. The van der Waals surface area contributed by atoms with Crippen molar-refractivity contribution < 1.29 is 18.9 Å². The zero-order chi connectivity index (χ0) is 13.9. The van der Waals surface area contributed by atoms with Crippen LogP contribution in [0.15, 0.2) is 24.3 Å². The molecule has 0 aromatic heterocycles. The number of methoxy groups -OCH3 is 1. The van der Waals surface area contributed by atoms with Crippen LogP contribution in [-0.4, -0.2) is 38.3 Å².